The van der Waals surface area contributed by atoms with Crippen LogP contribution in [0.2, 0.25) is 15.1 Å². The molecule has 1 aliphatic heterocycles. The average Bonchev–Trinajstić information content (AvgIpc) is 2.99. The smallest absolute Gasteiger partial charge is 0.273 e. The van der Waals surface area contributed by atoms with Crippen LogP contribution in [0.1, 0.15) is 10.5 Å². The highest BCUT2D eigenvalue weighted by Gasteiger charge is 2.21. The quantitative estimate of drug-likeness (QED) is 0.597. The molecule has 8 heteroatoms. The minimum Gasteiger partial charge on any atom is -0.367 e. The summed E-state index contributed by atoms with van der Waals surface area (Å²) in [5.74, 6) is -0.324. The number of carbonyl (C=O) groups excluding carboxylic acids is 1. The molecule has 2 N–H and O–H groups in total. The maximum atomic E-state index is 13.0. The van der Waals surface area contributed by atoms with Crippen LogP contribution >= 0.6 is 34.8 Å². The standard InChI is InChI=1S/C20H19Cl3N4O/c1-26-6-8-27(9-7-26)17-5-3-13(22)11-16(17)25-20(28)19-18(23)14-10-12(21)2-4-15(14)24-19/h2-5,10-11,24H,6-9H2,1H3,(H,25,28). The molecule has 3 aromatic rings. The first-order valence-electron chi connectivity index (χ1n) is 8.93. The number of likely N-dealkylation sites (N-methyl/N-ethyl adjacent to an activating group) is 1. The Morgan fingerprint density at radius 3 is 2.43 bits per heavy atom. The number of halogens is 3. The van der Waals surface area contributed by atoms with Crippen LogP contribution in [0.5, 0.6) is 0 Å². The van der Waals surface area contributed by atoms with Gasteiger partial charge in [0.1, 0.15) is 5.69 Å². The highest BCUT2D eigenvalue weighted by Crippen LogP contribution is 2.33. The third kappa shape index (κ3) is 3.80. The molecule has 28 heavy (non-hydrogen) atoms. The van der Waals surface area contributed by atoms with Gasteiger partial charge >= 0.3 is 0 Å². The van der Waals surface area contributed by atoms with E-state index in [1.165, 1.54) is 0 Å². The first-order chi connectivity index (χ1) is 13.4. The Labute approximate surface area is 178 Å². The number of H-pyrrole nitrogens is 1. The fourth-order valence-corrected chi connectivity index (χ4v) is 4.04. The van der Waals surface area contributed by atoms with Gasteiger partial charge in [0.25, 0.3) is 5.91 Å². The normalized spacial score (nSPS) is 15.2. The van der Waals surface area contributed by atoms with Crippen LogP contribution in [0.3, 0.4) is 0 Å². The SMILES string of the molecule is CN1CCN(c2ccc(Cl)cc2NC(=O)c2[nH]c3ccc(Cl)cc3c2Cl)CC1. The zero-order valence-corrected chi connectivity index (χ0v) is 17.5. The fourth-order valence-electron chi connectivity index (χ4n) is 3.40. The zero-order chi connectivity index (χ0) is 19.8. The van der Waals surface area contributed by atoms with E-state index in [1.54, 1.807) is 24.3 Å². The number of nitrogens with zero attached hydrogens (tertiary/aromatic N) is 2. The molecule has 0 aliphatic carbocycles. The van der Waals surface area contributed by atoms with Crippen LogP contribution in [0, 0.1) is 0 Å². The van der Waals surface area contributed by atoms with Gasteiger partial charge in [-0.15, -0.1) is 0 Å². The lowest BCUT2D eigenvalue weighted by Gasteiger charge is -2.35. The van der Waals surface area contributed by atoms with Crippen molar-refractivity contribution in [3.63, 3.8) is 0 Å². The molecule has 1 fully saturated rings. The number of benzene rings is 2. The maximum absolute atomic E-state index is 13.0. The van der Waals surface area contributed by atoms with Crippen molar-refractivity contribution in [1.82, 2.24) is 9.88 Å². The highest BCUT2D eigenvalue weighted by molar-refractivity contribution is 6.40. The molecule has 0 unspecified atom stereocenters. The number of fused-ring (bicyclic) bond motifs is 1. The molecule has 0 bridgehead atoms. The van der Waals surface area contributed by atoms with E-state index in [0.717, 1.165) is 37.4 Å². The summed E-state index contributed by atoms with van der Waals surface area (Å²) in [6, 6.07) is 10.8. The van der Waals surface area contributed by atoms with Gasteiger partial charge in [-0.05, 0) is 43.4 Å². The number of anilines is 2. The Morgan fingerprint density at radius 1 is 1.00 bits per heavy atom. The van der Waals surface area contributed by atoms with E-state index in [2.05, 4.69) is 27.1 Å². The summed E-state index contributed by atoms with van der Waals surface area (Å²) in [4.78, 5) is 20.6. The molecule has 0 saturated carbocycles. The number of aromatic nitrogens is 1. The van der Waals surface area contributed by atoms with Gasteiger partial charge in [0.05, 0.1) is 16.4 Å². The summed E-state index contributed by atoms with van der Waals surface area (Å²) in [6.45, 7) is 3.69. The summed E-state index contributed by atoms with van der Waals surface area (Å²) >= 11 is 18.7. The Hall–Kier alpha value is -1.92. The Bertz CT molecular complexity index is 1040. The molecule has 0 spiro atoms. The summed E-state index contributed by atoms with van der Waals surface area (Å²) in [5.41, 5.74) is 2.66. The summed E-state index contributed by atoms with van der Waals surface area (Å²) < 4.78 is 0. The van der Waals surface area contributed by atoms with Crippen LogP contribution in [-0.4, -0.2) is 49.0 Å². The van der Waals surface area contributed by atoms with Crippen molar-refractivity contribution in [2.45, 2.75) is 0 Å². The van der Waals surface area contributed by atoms with Crippen LogP contribution < -0.4 is 10.2 Å². The molecule has 1 amide bonds. The highest BCUT2D eigenvalue weighted by atomic mass is 35.5. The molecule has 0 radical (unpaired) electrons. The van der Waals surface area contributed by atoms with Gasteiger partial charge in [-0.3, -0.25) is 4.79 Å². The first kappa shape index (κ1) is 19.4. The summed E-state index contributed by atoms with van der Waals surface area (Å²) in [6.07, 6.45) is 0. The summed E-state index contributed by atoms with van der Waals surface area (Å²) in [5, 5.41) is 5.14. The number of hydrogen-bond acceptors (Lipinski definition) is 3. The molecule has 2 aromatic carbocycles. The van der Waals surface area contributed by atoms with Gasteiger partial charge in [0, 0.05) is 47.1 Å². The molecule has 5 nitrogen and oxygen atoms in total. The van der Waals surface area contributed by atoms with E-state index in [0.29, 0.717) is 31.8 Å². The maximum Gasteiger partial charge on any atom is 0.273 e. The second-order valence-electron chi connectivity index (χ2n) is 6.91. The van der Waals surface area contributed by atoms with Crippen molar-refractivity contribution in [2.24, 2.45) is 0 Å². The van der Waals surface area contributed by atoms with E-state index < -0.39 is 0 Å². The van der Waals surface area contributed by atoms with Gasteiger partial charge in [0.2, 0.25) is 0 Å². The Kier molecular flexibility index (Phi) is 5.43. The lowest BCUT2D eigenvalue weighted by molar-refractivity contribution is 0.102. The van der Waals surface area contributed by atoms with E-state index in [1.807, 2.05) is 12.1 Å². The van der Waals surface area contributed by atoms with Crippen molar-refractivity contribution >= 4 is 63.0 Å². The predicted octanol–water partition coefficient (Wildman–Crippen LogP) is 5.13. The van der Waals surface area contributed by atoms with Crippen molar-refractivity contribution in [1.29, 1.82) is 0 Å². The Balaban J connectivity index is 1.65. The van der Waals surface area contributed by atoms with E-state index >= 15 is 0 Å². The van der Waals surface area contributed by atoms with Gasteiger partial charge in [-0.25, -0.2) is 0 Å². The number of amides is 1. The molecular weight excluding hydrogens is 419 g/mol. The van der Waals surface area contributed by atoms with E-state index in [4.69, 9.17) is 34.8 Å². The molecule has 4 rings (SSSR count). The molecule has 2 heterocycles. The molecular formula is C20H19Cl3N4O. The van der Waals surface area contributed by atoms with Gasteiger partial charge in [0.15, 0.2) is 0 Å². The summed E-state index contributed by atoms with van der Waals surface area (Å²) in [7, 11) is 2.10. The number of piperazine rings is 1. The van der Waals surface area contributed by atoms with Crippen molar-refractivity contribution < 1.29 is 4.79 Å². The minimum absolute atomic E-state index is 0.295. The largest absolute Gasteiger partial charge is 0.367 e. The van der Waals surface area contributed by atoms with Crippen LogP contribution in [0.15, 0.2) is 36.4 Å². The van der Waals surface area contributed by atoms with E-state index in [-0.39, 0.29) is 5.91 Å². The lowest BCUT2D eigenvalue weighted by atomic mass is 10.2. The molecule has 0 atom stereocenters. The van der Waals surface area contributed by atoms with Crippen LogP contribution in [0.25, 0.3) is 10.9 Å². The minimum atomic E-state index is -0.324. The number of rotatable bonds is 3. The molecule has 146 valence electrons. The zero-order valence-electron chi connectivity index (χ0n) is 15.2. The van der Waals surface area contributed by atoms with Gasteiger partial charge in [-0.2, -0.15) is 0 Å². The van der Waals surface area contributed by atoms with Crippen LogP contribution in [0.4, 0.5) is 11.4 Å². The van der Waals surface area contributed by atoms with E-state index in [9.17, 15) is 4.79 Å². The number of nitrogens with one attached hydrogen (secondary N) is 2. The van der Waals surface area contributed by atoms with Gasteiger partial charge in [-0.1, -0.05) is 34.8 Å². The second kappa shape index (κ2) is 7.84. The number of aromatic amines is 1. The molecule has 1 saturated heterocycles. The predicted molar refractivity (Wildman–Crippen MR) is 117 cm³/mol. The molecule has 1 aliphatic rings. The second-order valence-corrected chi connectivity index (χ2v) is 8.16. The van der Waals surface area contributed by atoms with Crippen molar-refractivity contribution in [3.05, 3.63) is 57.2 Å². The fraction of sp³-hybridized carbons (Fsp3) is 0.250. The molecule has 1 aromatic heterocycles. The van der Waals surface area contributed by atoms with Gasteiger partial charge < -0.3 is 20.1 Å². The number of carbonyl (C=O) groups is 1. The monoisotopic (exact) mass is 436 g/mol. The van der Waals surface area contributed by atoms with Crippen molar-refractivity contribution in [3.8, 4) is 0 Å². The van der Waals surface area contributed by atoms with Crippen molar-refractivity contribution in [2.75, 3.05) is 43.4 Å². The van der Waals surface area contributed by atoms with Crippen LogP contribution in [-0.2, 0) is 0 Å². The Morgan fingerprint density at radius 2 is 1.68 bits per heavy atom. The third-order valence-corrected chi connectivity index (χ3v) is 5.84. The average molecular weight is 438 g/mol. The third-order valence-electron chi connectivity index (χ3n) is 4.98. The lowest BCUT2D eigenvalue weighted by Crippen LogP contribution is -2.44. The first-order valence-corrected chi connectivity index (χ1v) is 10.1. The topological polar surface area (TPSA) is 51.4 Å². The number of hydrogen-bond donors (Lipinski definition) is 2.